The van der Waals surface area contributed by atoms with Gasteiger partial charge in [-0.15, -0.1) is 0 Å². The molecule has 0 radical (unpaired) electrons. The molecule has 23 heavy (non-hydrogen) atoms. The largest absolute Gasteiger partial charge is 0.465 e. The molecule has 0 aliphatic carbocycles. The highest BCUT2D eigenvalue weighted by molar-refractivity contribution is 8.00. The maximum atomic E-state index is 11.3. The van der Waals surface area contributed by atoms with Crippen molar-refractivity contribution in [1.29, 1.82) is 0 Å². The van der Waals surface area contributed by atoms with Crippen LogP contribution in [0, 0.1) is 0 Å². The van der Waals surface area contributed by atoms with E-state index in [0.29, 0.717) is 0 Å². The summed E-state index contributed by atoms with van der Waals surface area (Å²) in [5, 5.41) is 9.23. The summed E-state index contributed by atoms with van der Waals surface area (Å²) in [5.41, 5.74) is 7.26. The fraction of sp³-hybridized carbons (Fsp3) is 0.0625. The third-order valence-corrected chi connectivity index (χ3v) is 5.90. The van der Waals surface area contributed by atoms with Crippen LogP contribution in [0.1, 0.15) is 0 Å². The van der Waals surface area contributed by atoms with Crippen molar-refractivity contribution in [2.24, 2.45) is 0 Å². The van der Waals surface area contributed by atoms with Gasteiger partial charge in [0.15, 0.2) is 5.50 Å². The zero-order valence-electron chi connectivity index (χ0n) is 11.9. The van der Waals surface area contributed by atoms with E-state index in [1.807, 2.05) is 41.4 Å². The van der Waals surface area contributed by atoms with Gasteiger partial charge in [0.05, 0.1) is 5.69 Å². The molecule has 4 rings (SSSR count). The molecule has 0 bridgehead atoms. The van der Waals surface area contributed by atoms with Crippen LogP contribution >= 0.6 is 23.5 Å². The fourth-order valence-corrected chi connectivity index (χ4v) is 4.62. The minimum Gasteiger partial charge on any atom is -0.465 e. The molecule has 116 valence electrons. The van der Waals surface area contributed by atoms with Crippen molar-refractivity contribution >= 4 is 41.0 Å². The van der Waals surface area contributed by atoms with Crippen LogP contribution in [0.5, 0.6) is 0 Å². The van der Waals surface area contributed by atoms with Gasteiger partial charge < -0.3 is 15.7 Å². The number of anilines is 2. The van der Waals surface area contributed by atoms with Crippen LogP contribution in [0.2, 0.25) is 0 Å². The summed E-state index contributed by atoms with van der Waals surface area (Å²) in [5.74, 6) is 0. The van der Waals surface area contributed by atoms with E-state index >= 15 is 0 Å². The van der Waals surface area contributed by atoms with Crippen molar-refractivity contribution in [2.45, 2.75) is 20.2 Å². The maximum Gasteiger partial charge on any atom is 0.413 e. The second kappa shape index (κ2) is 5.43. The average molecular weight is 343 g/mol. The van der Waals surface area contributed by atoms with E-state index in [2.05, 4.69) is 12.1 Å². The third kappa shape index (κ3) is 2.51. The molecule has 0 spiro atoms. The highest BCUT2D eigenvalue weighted by Crippen LogP contribution is 2.48. The normalized spacial score (nSPS) is 18.2. The van der Waals surface area contributed by atoms with E-state index in [1.54, 1.807) is 29.7 Å². The lowest BCUT2D eigenvalue weighted by Gasteiger charge is -2.21. The van der Waals surface area contributed by atoms with Gasteiger partial charge in [0.1, 0.15) is 0 Å². The zero-order valence-corrected chi connectivity index (χ0v) is 13.6. The number of carboxylic acid groups (broad SMARTS) is 1. The van der Waals surface area contributed by atoms with Gasteiger partial charge in [-0.3, -0.25) is 4.90 Å². The van der Waals surface area contributed by atoms with Crippen molar-refractivity contribution in [1.82, 2.24) is 4.90 Å². The predicted octanol–water partition coefficient (Wildman–Crippen LogP) is 4.08. The summed E-state index contributed by atoms with van der Waals surface area (Å²) in [7, 11) is 0. The lowest BCUT2D eigenvalue weighted by molar-refractivity contribution is 0.163. The van der Waals surface area contributed by atoms with Crippen LogP contribution in [0.25, 0.3) is 0 Å². The van der Waals surface area contributed by atoms with E-state index in [4.69, 9.17) is 5.73 Å². The Morgan fingerprint density at radius 1 is 1.13 bits per heavy atom. The van der Waals surface area contributed by atoms with Gasteiger partial charge in [0.2, 0.25) is 0 Å². The van der Waals surface area contributed by atoms with Crippen LogP contribution in [0.4, 0.5) is 16.2 Å². The Morgan fingerprint density at radius 2 is 1.87 bits per heavy atom. The number of nitrogen functional groups attached to an aromatic ring is 1. The van der Waals surface area contributed by atoms with Crippen LogP contribution in [-0.2, 0) is 0 Å². The predicted molar refractivity (Wildman–Crippen MR) is 92.5 cm³/mol. The fourth-order valence-electron chi connectivity index (χ4n) is 2.54. The van der Waals surface area contributed by atoms with Gasteiger partial charge in [0.25, 0.3) is 0 Å². The van der Waals surface area contributed by atoms with Crippen LogP contribution in [-0.4, -0.2) is 21.6 Å². The Labute approximate surface area is 141 Å². The SMILES string of the molecule is Nc1ccc(Sc2ccc3c(c2)N2C=CN(C(=O)O)C2S3)cc1. The Hall–Kier alpha value is -2.25. The van der Waals surface area contributed by atoms with Gasteiger partial charge in [0, 0.05) is 32.8 Å². The molecule has 2 aliphatic heterocycles. The Kier molecular flexibility index (Phi) is 3.39. The molecule has 0 aromatic heterocycles. The third-order valence-electron chi connectivity index (χ3n) is 3.64. The lowest BCUT2D eigenvalue weighted by Crippen LogP contribution is -2.35. The van der Waals surface area contributed by atoms with Crippen LogP contribution < -0.4 is 10.6 Å². The molecule has 1 atom stereocenters. The number of thioether (sulfide) groups is 1. The summed E-state index contributed by atoms with van der Waals surface area (Å²) in [6.07, 6.45) is 2.48. The minimum atomic E-state index is -0.939. The van der Waals surface area contributed by atoms with E-state index in [9.17, 15) is 9.90 Å². The number of nitrogens with two attached hydrogens (primary N) is 1. The van der Waals surface area contributed by atoms with E-state index < -0.39 is 6.09 Å². The van der Waals surface area contributed by atoms with Crippen LogP contribution in [0.15, 0.2) is 69.6 Å². The van der Waals surface area contributed by atoms with Gasteiger partial charge in [-0.2, -0.15) is 0 Å². The average Bonchev–Trinajstić information content (AvgIpc) is 3.08. The molecule has 0 saturated carbocycles. The van der Waals surface area contributed by atoms with Crippen molar-refractivity contribution in [3.05, 3.63) is 54.9 Å². The number of carbonyl (C=O) groups is 1. The Bertz CT molecular complexity index is 807. The summed E-state index contributed by atoms with van der Waals surface area (Å²) in [6.45, 7) is 0. The number of benzene rings is 2. The summed E-state index contributed by atoms with van der Waals surface area (Å²) in [6, 6.07) is 14.0. The number of nitrogens with zero attached hydrogens (tertiary/aromatic N) is 2. The first-order chi connectivity index (χ1) is 11.1. The number of fused-ring (bicyclic) bond motifs is 3. The van der Waals surface area contributed by atoms with Gasteiger partial charge >= 0.3 is 6.09 Å². The molecule has 2 aromatic rings. The Morgan fingerprint density at radius 3 is 2.61 bits per heavy atom. The number of hydrogen-bond acceptors (Lipinski definition) is 5. The molecule has 3 N–H and O–H groups in total. The first-order valence-corrected chi connectivity index (χ1v) is 8.63. The minimum absolute atomic E-state index is 0.237. The molecular formula is C16H13N3O2S2. The smallest absolute Gasteiger partial charge is 0.413 e. The van der Waals surface area contributed by atoms with Crippen LogP contribution in [0.3, 0.4) is 0 Å². The molecule has 0 fully saturated rings. The second-order valence-corrected chi connectivity index (χ2v) is 7.38. The topological polar surface area (TPSA) is 69.8 Å². The van der Waals surface area contributed by atoms with E-state index in [0.717, 1.165) is 26.1 Å². The first kappa shape index (κ1) is 14.3. The molecule has 2 aliphatic rings. The van der Waals surface area contributed by atoms with Gasteiger partial charge in [-0.05, 0) is 42.5 Å². The summed E-state index contributed by atoms with van der Waals surface area (Å²) >= 11 is 3.20. The van der Waals surface area contributed by atoms with E-state index in [1.165, 1.54) is 4.90 Å². The van der Waals surface area contributed by atoms with Crippen molar-refractivity contribution < 1.29 is 9.90 Å². The standard InChI is InChI=1S/C16H13N3O2S2/c17-10-1-3-11(4-2-10)22-12-5-6-14-13(9-12)18-7-8-19(16(20)21)15(18)23-14/h1-9,15H,17H2,(H,20,21). The molecule has 1 unspecified atom stereocenters. The summed E-state index contributed by atoms with van der Waals surface area (Å²) in [4.78, 5) is 17.9. The molecule has 5 nitrogen and oxygen atoms in total. The number of rotatable bonds is 2. The van der Waals surface area contributed by atoms with E-state index in [-0.39, 0.29) is 5.50 Å². The molecular weight excluding hydrogens is 330 g/mol. The van der Waals surface area contributed by atoms with Gasteiger partial charge in [-0.25, -0.2) is 4.79 Å². The Balaban J connectivity index is 1.60. The molecule has 0 saturated heterocycles. The summed E-state index contributed by atoms with van der Waals surface area (Å²) < 4.78 is 0. The number of hydrogen-bond donors (Lipinski definition) is 2. The molecule has 7 heteroatoms. The molecule has 2 heterocycles. The van der Waals surface area contributed by atoms with Gasteiger partial charge in [-0.1, -0.05) is 23.5 Å². The lowest BCUT2D eigenvalue weighted by atomic mass is 10.3. The van der Waals surface area contributed by atoms with Crippen molar-refractivity contribution in [3.8, 4) is 0 Å². The van der Waals surface area contributed by atoms with Crippen molar-refractivity contribution in [3.63, 3.8) is 0 Å². The maximum absolute atomic E-state index is 11.3. The quantitative estimate of drug-likeness (QED) is 0.801. The number of amides is 1. The first-order valence-electron chi connectivity index (χ1n) is 6.94. The monoisotopic (exact) mass is 343 g/mol. The molecule has 2 aromatic carbocycles. The molecule has 1 amide bonds. The highest BCUT2D eigenvalue weighted by atomic mass is 32.2. The highest BCUT2D eigenvalue weighted by Gasteiger charge is 2.38. The second-order valence-electron chi connectivity index (χ2n) is 5.14. The van der Waals surface area contributed by atoms with Crippen molar-refractivity contribution in [2.75, 3.05) is 10.6 Å². The zero-order chi connectivity index (χ0) is 16.0.